The van der Waals surface area contributed by atoms with Crippen LogP contribution in [0.5, 0.6) is 66.8 Å². The first-order chi connectivity index (χ1) is 52.1. The molecule has 5 heterocycles. The van der Waals surface area contributed by atoms with E-state index in [1.54, 1.807) is 59.4 Å². The van der Waals surface area contributed by atoms with E-state index in [0.29, 0.717) is 43.9 Å². The topological polar surface area (TPSA) is 256 Å². The zero-order valence-corrected chi connectivity index (χ0v) is 65.2. The van der Waals surface area contributed by atoms with Crippen molar-refractivity contribution in [1.29, 1.82) is 0 Å². The minimum atomic E-state index is -0.485. The van der Waals surface area contributed by atoms with Gasteiger partial charge in [-0.1, -0.05) is 133 Å². The van der Waals surface area contributed by atoms with Crippen molar-refractivity contribution in [3.8, 4) is 109 Å². The van der Waals surface area contributed by atoms with Gasteiger partial charge in [-0.05, 0) is 190 Å². The van der Waals surface area contributed by atoms with Crippen LogP contribution in [0.3, 0.4) is 0 Å². The van der Waals surface area contributed by atoms with E-state index in [4.69, 9.17) is 42.6 Å². The van der Waals surface area contributed by atoms with E-state index in [2.05, 4.69) is 88.7 Å². The lowest BCUT2D eigenvalue weighted by Gasteiger charge is -2.16. The predicted molar refractivity (Wildman–Crippen MR) is 439 cm³/mol. The Bertz CT molecular complexity index is 4660. The Morgan fingerprint density at radius 3 is 0.927 bits per heavy atom. The van der Waals surface area contributed by atoms with Crippen molar-refractivity contribution >= 4 is 63.3 Å². The minimum absolute atomic E-state index is 0. The maximum absolute atomic E-state index is 11.4. The molecule has 7 aromatic carbocycles. The molecule has 4 atom stereocenters. The van der Waals surface area contributed by atoms with E-state index in [1.807, 2.05) is 192 Å². The molecule has 3 amide bonds. The monoisotopic (exact) mass is 1560 g/mol. The van der Waals surface area contributed by atoms with Gasteiger partial charge in [0.15, 0.2) is 5.88 Å². The van der Waals surface area contributed by atoms with Gasteiger partial charge in [-0.3, -0.25) is 14.6 Å². The van der Waals surface area contributed by atoms with Crippen molar-refractivity contribution in [3.63, 3.8) is 0 Å². The summed E-state index contributed by atoms with van der Waals surface area (Å²) in [5.41, 5.74) is 8.25. The van der Waals surface area contributed by atoms with Gasteiger partial charge in [-0.15, -0.1) is 0 Å². The largest absolute Gasteiger partial charge is 0.497 e. The molecule has 0 saturated carbocycles. The van der Waals surface area contributed by atoms with Crippen molar-refractivity contribution in [2.24, 2.45) is 0 Å². The van der Waals surface area contributed by atoms with Crippen LogP contribution in [-0.2, 0) is 19.1 Å². The van der Waals surface area contributed by atoms with Crippen LogP contribution in [0.2, 0.25) is 0 Å². The van der Waals surface area contributed by atoms with Gasteiger partial charge in [0.2, 0.25) is 11.8 Å². The lowest BCUT2D eigenvalue weighted by molar-refractivity contribution is -0.120. The Labute approximate surface area is 659 Å². The van der Waals surface area contributed by atoms with Crippen LogP contribution in [0.4, 0.5) is 4.79 Å². The highest BCUT2D eigenvalue weighted by Crippen LogP contribution is 2.39. The smallest absolute Gasteiger partial charge is 0.407 e. The molecular weight excluding hydrogens is 1470 g/mol. The average Bonchev–Trinajstić information content (AvgIpc) is 1.67. The van der Waals surface area contributed by atoms with E-state index in [0.717, 1.165) is 92.8 Å². The van der Waals surface area contributed by atoms with Gasteiger partial charge < -0.3 is 68.6 Å². The van der Waals surface area contributed by atoms with Crippen LogP contribution in [0.25, 0.3) is 41.8 Å². The molecule has 0 aliphatic carbocycles. The molecule has 0 saturated heterocycles. The van der Waals surface area contributed by atoms with Crippen LogP contribution in [-0.4, -0.2) is 84.5 Å². The number of amides is 3. The number of nitrogens with one attached hydrogen (secondary N) is 4. The Morgan fingerprint density at radius 1 is 0.345 bits per heavy atom. The number of rotatable bonds is 27. The number of benzene rings is 7. The van der Waals surface area contributed by atoms with Crippen LogP contribution < -0.4 is 59.2 Å². The standard InChI is InChI=1S/C21H23N3O4S.C21H22N2O3S.2C20H20N2O3S.2CH4/c1-13(2)27-17-5-7-18(8-6-17)28-21-23-12-19(29-21)16-9-15(10-22-11-16)14(3)24-20(25)26-4;1-14(23-15(2)24-3)16-5-7-17(8-6-16)20-13-22-21(27-20)26-19-11-9-18(25-4)10-12-19;2*1-13(22-14(2)23)15-4-6-16(7-5-15)19-12-21-20(26-19)25-18-10-8-17(24-3)9-11-18;;/h5-14H,1-4H3,(H,24,25);5-14,23H,2H2,1,3-4H3;2*4-13H,1-3H3,(H,22,23);2*1H4. The maximum Gasteiger partial charge on any atom is 0.407 e. The molecular formula is C84H93N9O13S4. The third kappa shape index (κ3) is 26.2. The van der Waals surface area contributed by atoms with Crippen molar-refractivity contribution in [1.82, 2.24) is 46.2 Å². The van der Waals surface area contributed by atoms with E-state index in [1.165, 1.54) is 66.3 Å². The van der Waals surface area contributed by atoms with E-state index in [-0.39, 0.29) is 56.9 Å². The van der Waals surface area contributed by atoms with Gasteiger partial charge in [0, 0.05) is 56.6 Å². The second-order valence-corrected chi connectivity index (χ2v) is 28.1. The molecule has 12 aromatic rings. The summed E-state index contributed by atoms with van der Waals surface area (Å²) in [4.78, 5) is 59.4. The Kier molecular flexibility index (Phi) is 33.1. The summed E-state index contributed by atoms with van der Waals surface area (Å²) >= 11 is 5.89. The van der Waals surface area contributed by atoms with Crippen LogP contribution in [0, 0.1) is 0 Å². The second kappa shape index (κ2) is 42.6. The summed E-state index contributed by atoms with van der Waals surface area (Å²) in [6, 6.07) is 55.9. The Balaban J connectivity index is 0.000000203. The fraction of sp³-hybridized carbons (Fsp3) is 0.238. The lowest BCUT2D eigenvalue weighted by Crippen LogP contribution is -2.26. The summed E-state index contributed by atoms with van der Waals surface area (Å²) in [6.45, 7) is 18.7. The number of methoxy groups -OCH3 is 5. The number of thiazole rings is 4. The molecule has 5 aromatic heterocycles. The van der Waals surface area contributed by atoms with E-state index in [9.17, 15) is 14.4 Å². The molecule has 0 spiro atoms. The predicted octanol–water partition coefficient (Wildman–Crippen LogP) is 21.5. The fourth-order valence-corrected chi connectivity index (χ4v) is 13.2. The fourth-order valence-electron chi connectivity index (χ4n) is 10.1. The summed E-state index contributed by atoms with van der Waals surface area (Å²) in [6.07, 6.45) is 10.3. The number of pyridine rings is 1. The molecule has 4 unspecified atom stereocenters. The van der Waals surface area contributed by atoms with Crippen LogP contribution in [0.15, 0.2) is 226 Å². The van der Waals surface area contributed by atoms with Crippen LogP contribution >= 0.6 is 45.3 Å². The molecule has 110 heavy (non-hydrogen) atoms. The number of alkyl carbamates (subject to hydrolysis) is 1. The SMILES string of the molecule is C.C.C=C(NC(C)c1ccc(-c2cnc(Oc3ccc(OC)cc3)s2)cc1)OC.COC(=O)NC(C)c1cncc(-c2cnc(Oc3ccc(OC(C)C)cc3)s2)c1.COc1ccc(Oc2ncc(-c3ccc(C(C)NC(C)=O)cc3)s2)cc1.COc1ccc(Oc2ncc(-c3ccc(C(C)NC(C)=O)cc3)s2)cc1. The zero-order valence-electron chi connectivity index (χ0n) is 62.0. The first-order valence-corrected chi connectivity index (χ1v) is 37.3. The van der Waals surface area contributed by atoms with Crippen molar-refractivity contribution in [2.75, 3.05) is 35.5 Å². The summed E-state index contributed by atoms with van der Waals surface area (Å²) < 4.78 is 54.0. The van der Waals surface area contributed by atoms with E-state index < -0.39 is 6.09 Å². The van der Waals surface area contributed by atoms with Gasteiger partial charge >= 0.3 is 6.09 Å². The minimum Gasteiger partial charge on any atom is -0.497 e. The Morgan fingerprint density at radius 2 is 0.636 bits per heavy atom. The average molecular weight is 1560 g/mol. The summed E-state index contributed by atoms with van der Waals surface area (Å²) in [5, 5.41) is 14.0. The highest BCUT2D eigenvalue weighted by atomic mass is 32.1. The molecule has 4 N–H and O–H groups in total. The maximum atomic E-state index is 11.4. The number of hydrogen-bond acceptors (Lipinski definition) is 23. The molecule has 0 aliphatic rings. The molecule has 0 radical (unpaired) electrons. The third-order valence-corrected chi connectivity index (χ3v) is 19.4. The number of aromatic nitrogens is 5. The van der Waals surface area contributed by atoms with Crippen molar-refractivity contribution in [3.05, 3.63) is 248 Å². The van der Waals surface area contributed by atoms with Gasteiger partial charge in [-0.2, -0.15) is 0 Å². The normalized spacial score (nSPS) is 11.4. The molecule has 26 heteroatoms. The summed E-state index contributed by atoms with van der Waals surface area (Å²) in [7, 11) is 7.83. The molecule has 22 nitrogen and oxygen atoms in total. The highest BCUT2D eigenvalue weighted by Gasteiger charge is 2.17. The van der Waals surface area contributed by atoms with Crippen LogP contribution in [0.1, 0.15) is 117 Å². The zero-order chi connectivity index (χ0) is 77.1. The van der Waals surface area contributed by atoms with Gasteiger partial charge in [0.25, 0.3) is 20.8 Å². The van der Waals surface area contributed by atoms with Crippen molar-refractivity contribution in [2.45, 2.75) is 101 Å². The first kappa shape index (κ1) is 85.4. The summed E-state index contributed by atoms with van der Waals surface area (Å²) in [5.74, 6) is 6.47. The number of nitrogens with zero attached hydrogens (tertiary/aromatic N) is 5. The quantitative estimate of drug-likeness (QED) is 0.0349. The number of ether oxygens (including phenoxy) is 10. The molecule has 576 valence electrons. The second-order valence-electron chi connectivity index (χ2n) is 24.1. The highest BCUT2D eigenvalue weighted by molar-refractivity contribution is 7.17. The molecule has 0 fully saturated rings. The molecule has 0 bridgehead atoms. The van der Waals surface area contributed by atoms with Crippen molar-refractivity contribution < 1.29 is 61.8 Å². The van der Waals surface area contributed by atoms with Gasteiger partial charge in [0.1, 0.15) is 46.0 Å². The number of carbonyl (C=O) groups excluding carboxylic acids is 3. The number of hydrogen-bond donors (Lipinski definition) is 4. The third-order valence-electron chi connectivity index (χ3n) is 15.7. The Hall–Kier alpha value is -11.8. The molecule has 0 aliphatic heterocycles. The van der Waals surface area contributed by atoms with Gasteiger partial charge in [0.05, 0.1) is 85.3 Å². The molecule has 12 rings (SSSR count). The van der Waals surface area contributed by atoms with Gasteiger partial charge in [-0.25, -0.2) is 24.7 Å². The number of carbonyl (C=O) groups is 3. The van der Waals surface area contributed by atoms with E-state index >= 15 is 0 Å². The lowest BCUT2D eigenvalue weighted by atomic mass is 10.1. The first-order valence-electron chi connectivity index (χ1n) is 34.0.